The van der Waals surface area contributed by atoms with Gasteiger partial charge in [0.25, 0.3) is 0 Å². The molecule has 0 fully saturated rings. The highest BCUT2D eigenvalue weighted by Crippen LogP contribution is 1.84. The van der Waals surface area contributed by atoms with E-state index in [0.29, 0.717) is 13.0 Å². The predicted octanol–water partition coefficient (Wildman–Crippen LogP) is -0.271. The second kappa shape index (κ2) is 4.84. The molecular weight excluding hydrogens is 133 g/mol. The normalized spacial score (nSPS) is 8.80. The first-order valence-corrected chi connectivity index (χ1v) is 2.88. The van der Waals surface area contributed by atoms with Gasteiger partial charge in [0.2, 0.25) is 0 Å². The highest BCUT2D eigenvalue weighted by molar-refractivity contribution is 6.57. The molecule has 0 aromatic rings. The van der Waals surface area contributed by atoms with Crippen molar-refractivity contribution in [2.75, 3.05) is 6.54 Å². The molecule has 0 saturated carbocycles. The van der Waals surface area contributed by atoms with Gasteiger partial charge in [-0.05, 0) is 6.42 Å². The van der Waals surface area contributed by atoms with Crippen molar-refractivity contribution >= 4 is 19.6 Å². The van der Waals surface area contributed by atoms with Gasteiger partial charge in [-0.15, -0.1) is 0 Å². The van der Waals surface area contributed by atoms with Crippen LogP contribution in [-0.4, -0.2) is 31.3 Å². The quantitative estimate of drug-likeness (QED) is 0.418. The Morgan fingerprint density at radius 2 is 2.10 bits per heavy atom. The van der Waals surface area contributed by atoms with Crippen molar-refractivity contribution in [3.63, 3.8) is 0 Å². The van der Waals surface area contributed by atoms with Crippen molar-refractivity contribution in [3.05, 3.63) is 0 Å². The SMILES string of the molecule is [B]C(=O)NCCCC(=O)O. The lowest BCUT2D eigenvalue weighted by Gasteiger charge is -1.98. The Labute approximate surface area is 60.0 Å². The van der Waals surface area contributed by atoms with Crippen molar-refractivity contribution < 1.29 is 14.7 Å². The van der Waals surface area contributed by atoms with Crippen LogP contribution in [0.25, 0.3) is 0 Å². The summed E-state index contributed by atoms with van der Waals surface area (Å²) in [5.74, 6) is -1.49. The van der Waals surface area contributed by atoms with Crippen molar-refractivity contribution in [3.8, 4) is 0 Å². The van der Waals surface area contributed by atoms with E-state index in [9.17, 15) is 9.59 Å². The van der Waals surface area contributed by atoms with Gasteiger partial charge in [-0.2, -0.15) is 0 Å². The largest absolute Gasteiger partial charge is 0.481 e. The Balaban J connectivity index is 3.06. The van der Waals surface area contributed by atoms with Crippen LogP contribution < -0.4 is 5.32 Å². The van der Waals surface area contributed by atoms with Crippen molar-refractivity contribution in [2.24, 2.45) is 0 Å². The van der Waals surface area contributed by atoms with Crippen LogP contribution in [-0.2, 0) is 4.79 Å². The number of rotatable bonds is 4. The summed E-state index contributed by atoms with van der Waals surface area (Å²) in [6.07, 6.45) is 0.471. The van der Waals surface area contributed by atoms with Gasteiger partial charge >= 0.3 is 5.97 Å². The molecule has 0 atom stereocenters. The van der Waals surface area contributed by atoms with Crippen LogP contribution in [0.5, 0.6) is 0 Å². The van der Waals surface area contributed by atoms with E-state index in [1.165, 1.54) is 0 Å². The van der Waals surface area contributed by atoms with E-state index in [1.54, 1.807) is 0 Å². The van der Waals surface area contributed by atoms with Gasteiger partial charge in [-0.1, -0.05) is 0 Å². The van der Waals surface area contributed by atoms with Crippen LogP contribution in [0.15, 0.2) is 0 Å². The minimum absolute atomic E-state index is 0.0558. The number of carbonyl (C=O) groups is 2. The van der Waals surface area contributed by atoms with E-state index in [0.717, 1.165) is 0 Å². The fourth-order valence-corrected chi connectivity index (χ4v) is 0.451. The lowest BCUT2D eigenvalue weighted by molar-refractivity contribution is -0.137. The molecule has 5 heteroatoms. The number of nitrogens with one attached hydrogen (secondary N) is 1. The molecule has 0 heterocycles. The Morgan fingerprint density at radius 3 is 2.50 bits per heavy atom. The number of hydrogen-bond donors (Lipinski definition) is 2. The maximum absolute atomic E-state index is 10.0. The third kappa shape index (κ3) is 7.00. The Hall–Kier alpha value is -0.995. The Morgan fingerprint density at radius 1 is 1.50 bits per heavy atom. The van der Waals surface area contributed by atoms with E-state index in [4.69, 9.17) is 13.0 Å². The molecular formula is C5H8BNO3. The minimum Gasteiger partial charge on any atom is -0.481 e. The summed E-state index contributed by atoms with van der Waals surface area (Å²) in [6.45, 7) is 0.321. The van der Waals surface area contributed by atoms with Crippen LogP contribution in [0.3, 0.4) is 0 Å². The third-order valence-electron chi connectivity index (χ3n) is 0.867. The molecule has 2 N–H and O–H groups in total. The molecule has 0 aromatic carbocycles. The zero-order chi connectivity index (χ0) is 7.98. The summed E-state index contributed by atoms with van der Waals surface area (Å²) >= 11 is 0. The summed E-state index contributed by atoms with van der Waals surface area (Å²) in [4.78, 5) is 19.9. The topological polar surface area (TPSA) is 66.4 Å². The summed E-state index contributed by atoms with van der Waals surface area (Å²) in [6, 6.07) is 0. The summed E-state index contributed by atoms with van der Waals surface area (Å²) in [7, 11) is 4.71. The van der Waals surface area contributed by atoms with E-state index >= 15 is 0 Å². The molecule has 0 rings (SSSR count). The molecule has 0 bridgehead atoms. The number of amides is 1. The Bertz CT molecular complexity index is 121. The smallest absolute Gasteiger partial charge is 0.303 e. The van der Waals surface area contributed by atoms with Gasteiger partial charge in [-0.3, -0.25) is 9.59 Å². The molecule has 0 spiro atoms. The van der Waals surface area contributed by atoms with Crippen LogP contribution in [0, 0.1) is 0 Å². The lowest BCUT2D eigenvalue weighted by atomic mass is 10.1. The standard InChI is InChI=1S/C5H8BNO3/c6-5(10)7-3-1-2-4(8)9/h1-3H2,(H,7,10)(H,8,9). The molecule has 0 unspecified atom stereocenters. The third-order valence-corrected chi connectivity index (χ3v) is 0.867. The fourth-order valence-electron chi connectivity index (χ4n) is 0.451. The van der Waals surface area contributed by atoms with Crippen LogP contribution in [0.4, 0.5) is 4.79 Å². The van der Waals surface area contributed by atoms with Gasteiger partial charge in [0.1, 0.15) is 0 Å². The summed E-state index contributed by atoms with van der Waals surface area (Å²) < 4.78 is 0. The van der Waals surface area contributed by atoms with Crippen LogP contribution in [0.1, 0.15) is 12.8 Å². The molecule has 4 nitrogen and oxygen atoms in total. The van der Waals surface area contributed by atoms with Crippen LogP contribution >= 0.6 is 0 Å². The first-order valence-electron chi connectivity index (χ1n) is 2.88. The number of carboxylic acid groups (broad SMARTS) is 1. The van der Waals surface area contributed by atoms with Gasteiger partial charge in [0, 0.05) is 13.0 Å². The van der Waals surface area contributed by atoms with E-state index in [2.05, 4.69) is 5.32 Å². The zero-order valence-corrected chi connectivity index (χ0v) is 5.46. The first-order chi connectivity index (χ1) is 4.63. The maximum atomic E-state index is 10.0. The molecule has 0 aliphatic heterocycles. The molecule has 2 radical (unpaired) electrons. The molecule has 0 aliphatic rings. The van der Waals surface area contributed by atoms with E-state index < -0.39 is 11.8 Å². The molecule has 0 aromatic heterocycles. The number of carbonyl (C=O) groups excluding carboxylic acids is 1. The number of carboxylic acids is 1. The Kier molecular flexibility index (Phi) is 4.36. The monoisotopic (exact) mass is 141 g/mol. The van der Waals surface area contributed by atoms with Crippen molar-refractivity contribution in [1.29, 1.82) is 0 Å². The van der Waals surface area contributed by atoms with Gasteiger partial charge < -0.3 is 10.4 Å². The molecule has 0 saturated heterocycles. The maximum Gasteiger partial charge on any atom is 0.303 e. The average Bonchev–Trinajstić information content (AvgIpc) is 1.79. The molecule has 54 valence electrons. The van der Waals surface area contributed by atoms with Gasteiger partial charge in [0.05, 0.1) is 0 Å². The first kappa shape index (κ1) is 9.00. The lowest BCUT2D eigenvalue weighted by Crippen LogP contribution is -2.22. The molecule has 1 amide bonds. The number of hydrogen-bond acceptors (Lipinski definition) is 2. The second-order valence-electron chi connectivity index (χ2n) is 1.79. The van der Waals surface area contributed by atoms with E-state index in [1.807, 2.05) is 0 Å². The van der Waals surface area contributed by atoms with Crippen molar-refractivity contribution in [2.45, 2.75) is 12.8 Å². The molecule has 0 aliphatic carbocycles. The fraction of sp³-hybridized carbons (Fsp3) is 0.600. The average molecular weight is 141 g/mol. The van der Waals surface area contributed by atoms with E-state index in [-0.39, 0.29) is 6.42 Å². The highest BCUT2D eigenvalue weighted by atomic mass is 16.4. The molecule has 10 heavy (non-hydrogen) atoms. The number of aliphatic carboxylic acids is 1. The summed E-state index contributed by atoms with van der Waals surface area (Å²) in [5, 5.41) is 10.4. The minimum atomic E-state index is -0.869. The van der Waals surface area contributed by atoms with Crippen LogP contribution in [0.2, 0.25) is 0 Å². The van der Waals surface area contributed by atoms with Gasteiger partial charge in [-0.25, -0.2) is 0 Å². The highest BCUT2D eigenvalue weighted by Gasteiger charge is 1.95. The summed E-state index contributed by atoms with van der Waals surface area (Å²) in [5.41, 5.74) is 0. The predicted molar refractivity (Wildman–Crippen MR) is 36.0 cm³/mol. The zero-order valence-electron chi connectivity index (χ0n) is 5.46. The van der Waals surface area contributed by atoms with Gasteiger partial charge in [0.15, 0.2) is 13.7 Å². The second-order valence-corrected chi connectivity index (χ2v) is 1.79. The van der Waals surface area contributed by atoms with Crippen molar-refractivity contribution in [1.82, 2.24) is 5.32 Å².